The number of amides is 1. The molecule has 0 spiro atoms. The zero-order chi connectivity index (χ0) is 11.4. The van der Waals surface area contributed by atoms with E-state index in [4.69, 9.17) is 5.11 Å². The third-order valence-electron chi connectivity index (χ3n) is 2.02. The lowest BCUT2D eigenvalue weighted by Gasteiger charge is -2.20. The highest BCUT2D eigenvalue weighted by Gasteiger charge is 2.21. The van der Waals surface area contributed by atoms with Gasteiger partial charge in [0.1, 0.15) is 18.9 Å². The molecule has 1 rings (SSSR count). The molecular weight excluding hydrogens is 202 g/mol. The normalized spacial score (nSPS) is 12.1. The Hall–Kier alpha value is -1.99. The molecule has 1 N–H and O–H groups in total. The summed E-state index contributed by atoms with van der Waals surface area (Å²) in [6.45, 7) is 1.36. The van der Waals surface area contributed by atoms with E-state index >= 15 is 0 Å². The fourth-order valence-corrected chi connectivity index (χ4v) is 0.884. The van der Waals surface area contributed by atoms with Crippen molar-refractivity contribution >= 4 is 11.9 Å². The van der Waals surface area contributed by atoms with Gasteiger partial charge >= 0.3 is 5.97 Å². The lowest BCUT2D eigenvalue weighted by atomic mass is 10.3. The monoisotopic (exact) mass is 213 g/mol. The first kappa shape index (κ1) is 11.1. The van der Waals surface area contributed by atoms with Gasteiger partial charge in [0.2, 0.25) is 5.91 Å². The highest BCUT2D eigenvalue weighted by molar-refractivity contribution is 5.82. The Balaban J connectivity index is 2.57. The van der Waals surface area contributed by atoms with Gasteiger partial charge in [-0.05, 0) is 17.4 Å². The molecule has 0 aliphatic carbocycles. The number of nitrogens with zero attached hydrogens (tertiary/aromatic N) is 5. The summed E-state index contributed by atoms with van der Waals surface area (Å²) in [7, 11) is 1.42. The first-order chi connectivity index (χ1) is 7.02. The number of aromatic nitrogens is 4. The highest BCUT2D eigenvalue weighted by atomic mass is 16.4. The number of aliphatic carboxylic acids is 1. The van der Waals surface area contributed by atoms with Crippen LogP contribution in [0.2, 0.25) is 0 Å². The quantitative estimate of drug-likeness (QED) is 0.660. The molecule has 1 atom stereocenters. The molecule has 1 unspecified atom stereocenters. The summed E-state index contributed by atoms with van der Waals surface area (Å²) in [5.41, 5.74) is 0. The lowest BCUT2D eigenvalue weighted by molar-refractivity contribution is -0.148. The van der Waals surface area contributed by atoms with Crippen molar-refractivity contribution in [1.29, 1.82) is 0 Å². The summed E-state index contributed by atoms with van der Waals surface area (Å²) in [6.07, 6.45) is 1.29. The van der Waals surface area contributed by atoms with Crippen LogP contribution < -0.4 is 0 Å². The average molecular weight is 213 g/mol. The maximum absolute atomic E-state index is 11.5. The summed E-state index contributed by atoms with van der Waals surface area (Å²) in [6, 6.07) is -0.867. The molecule has 0 fully saturated rings. The summed E-state index contributed by atoms with van der Waals surface area (Å²) in [4.78, 5) is 23.2. The van der Waals surface area contributed by atoms with E-state index in [1.807, 2.05) is 0 Å². The van der Waals surface area contributed by atoms with Gasteiger partial charge in [0.15, 0.2) is 0 Å². The zero-order valence-electron chi connectivity index (χ0n) is 8.36. The van der Waals surface area contributed by atoms with Crippen LogP contribution >= 0.6 is 0 Å². The van der Waals surface area contributed by atoms with Crippen LogP contribution in [0.4, 0.5) is 0 Å². The number of carbonyl (C=O) groups excluding carboxylic acids is 1. The minimum atomic E-state index is -1.05. The SMILES string of the molecule is CC(C(=O)O)N(C)C(=O)Cn1cnnn1. The van der Waals surface area contributed by atoms with E-state index in [1.165, 1.54) is 25.0 Å². The van der Waals surface area contributed by atoms with Crippen molar-refractivity contribution in [2.75, 3.05) is 7.05 Å². The summed E-state index contributed by atoms with van der Waals surface area (Å²) in [5, 5.41) is 18.9. The van der Waals surface area contributed by atoms with Crippen molar-refractivity contribution in [2.45, 2.75) is 19.5 Å². The fourth-order valence-electron chi connectivity index (χ4n) is 0.884. The Morgan fingerprint density at radius 1 is 1.60 bits per heavy atom. The second-order valence-corrected chi connectivity index (χ2v) is 3.03. The van der Waals surface area contributed by atoms with Gasteiger partial charge in [-0.3, -0.25) is 4.79 Å². The molecule has 1 amide bonds. The number of carboxylic acids is 1. The summed E-state index contributed by atoms with van der Waals surface area (Å²) in [5.74, 6) is -1.42. The maximum Gasteiger partial charge on any atom is 0.326 e. The molecule has 15 heavy (non-hydrogen) atoms. The first-order valence-corrected chi connectivity index (χ1v) is 4.21. The number of rotatable bonds is 4. The fraction of sp³-hybridized carbons (Fsp3) is 0.571. The largest absolute Gasteiger partial charge is 0.480 e. The van der Waals surface area contributed by atoms with Crippen LogP contribution in [-0.2, 0) is 16.1 Å². The molecular formula is C7H11N5O3. The van der Waals surface area contributed by atoms with Crippen LogP contribution in [0.15, 0.2) is 6.33 Å². The van der Waals surface area contributed by atoms with Gasteiger partial charge in [0.05, 0.1) is 0 Å². The van der Waals surface area contributed by atoms with E-state index in [0.29, 0.717) is 0 Å². The molecule has 0 saturated carbocycles. The van der Waals surface area contributed by atoms with E-state index in [0.717, 1.165) is 4.90 Å². The zero-order valence-corrected chi connectivity index (χ0v) is 8.36. The van der Waals surface area contributed by atoms with Gasteiger partial charge in [0, 0.05) is 7.05 Å². The van der Waals surface area contributed by atoms with E-state index in [9.17, 15) is 9.59 Å². The standard InChI is InChI=1S/C7H11N5O3/c1-5(7(14)15)11(2)6(13)3-12-4-8-9-10-12/h4-5H,3H2,1-2H3,(H,14,15). The lowest BCUT2D eigenvalue weighted by Crippen LogP contribution is -2.41. The van der Waals surface area contributed by atoms with E-state index in [1.54, 1.807) is 0 Å². The van der Waals surface area contributed by atoms with Crippen LogP contribution in [0, 0.1) is 0 Å². The average Bonchev–Trinajstić information content (AvgIpc) is 2.67. The van der Waals surface area contributed by atoms with Crippen molar-refractivity contribution in [2.24, 2.45) is 0 Å². The van der Waals surface area contributed by atoms with Gasteiger partial charge in [0.25, 0.3) is 0 Å². The molecule has 0 aliphatic rings. The van der Waals surface area contributed by atoms with Crippen LogP contribution in [0.3, 0.4) is 0 Å². The predicted molar refractivity (Wildman–Crippen MR) is 47.7 cm³/mol. The third-order valence-corrected chi connectivity index (χ3v) is 2.02. The topological polar surface area (TPSA) is 101 Å². The Bertz CT molecular complexity index is 350. The Kier molecular flexibility index (Phi) is 3.32. The Morgan fingerprint density at radius 3 is 2.73 bits per heavy atom. The third kappa shape index (κ3) is 2.73. The van der Waals surface area contributed by atoms with Crippen molar-refractivity contribution in [1.82, 2.24) is 25.1 Å². The number of hydrogen-bond donors (Lipinski definition) is 1. The Labute approximate surface area is 85.5 Å². The molecule has 0 radical (unpaired) electrons. The molecule has 0 aromatic carbocycles. The van der Waals surface area contributed by atoms with Gasteiger partial charge in [-0.15, -0.1) is 5.10 Å². The van der Waals surface area contributed by atoms with Crippen molar-refractivity contribution in [3.05, 3.63) is 6.33 Å². The number of hydrogen-bond acceptors (Lipinski definition) is 5. The van der Waals surface area contributed by atoms with Gasteiger partial charge < -0.3 is 10.0 Å². The van der Waals surface area contributed by atoms with Crippen molar-refractivity contribution in [3.63, 3.8) is 0 Å². The van der Waals surface area contributed by atoms with Gasteiger partial charge in [-0.1, -0.05) is 0 Å². The van der Waals surface area contributed by atoms with Crippen LogP contribution in [0.25, 0.3) is 0 Å². The number of carboxylic acid groups (broad SMARTS) is 1. The number of likely N-dealkylation sites (N-methyl/N-ethyl adjacent to an activating group) is 1. The summed E-state index contributed by atoms with van der Waals surface area (Å²) < 4.78 is 1.23. The molecule has 8 heteroatoms. The molecule has 0 bridgehead atoms. The van der Waals surface area contributed by atoms with E-state index < -0.39 is 12.0 Å². The van der Waals surface area contributed by atoms with Crippen LogP contribution in [-0.4, -0.2) is 55.2 Å². The number of carbonyl (C=O) groups is 2. The van der Waals surface area contributed by atoms with E-state index in [2.05, 4.69) is 15.5 Å². The van der Waals surface area contributed by atoms with Crippen LogP contribution in [0.1, 0.15) is 6.92 Å². The van der Waals surface area contributed by atoms with E-state index in [-0.39, 0.29) is 12.5 Å². The van der Waals surface area contributed by atoms with Gasteiger partial charge in [-0.2, -0.15) is 0 Å². The highest BCUT2D eigenvalue weighted by Crippen LogP contribution is 1.97. The van der Waals surface area contributed by atoms with Crippen molar-refractivity contribution in [3.8, 4) is 0 Å². The first-order valence-electron chi connectivity index (χ1n) is 4.21. The second-order valence-electron chi connectivity index (χ2n) is 3.03. The minimum Gasteiger partial charge on any atom is -0.480 e. The van der Waals surface area contributed by atoms with Crippen molar-refractivity contribution < 1.29 is 14.7 Å². The smallest absolute Gasteiger partial charge is 0.326 e. The Morgan fingerprint density at radius 2 is 2.27 bits per heavy atom. The van der Waals surface area contributed by atoms with Gasteiger partial charge in [-0.25, -0.2) is 9.48 Å². The molecule has 82 valence electrons. The molecule has 1 aromatic heterocycles. The molecule has 0 saturated heterocycles. The maximum atomic E-state index is 11.5. The molecule has 0 aliphatic heterocycles. The number of tetrazole rings is 1. The summed E-state index contributed by atoms with van der Waals surface area (Å²) >= 11 is 0. The minimum absolute atomic E-state index is 0.0683. The molecule has 1 heterocycles. The van der Waals surface area contributed by atoms with Crippen LogP contribution in [0.5, 0.6) is 0 Å². The molecule has 1 aromatic rings. The predicted octanol–water partition coefficient (Wildman–Crippen LogP) is -1.40. The molecule has 8 nitrogen and oxygen atoms in total. The second kappa shape index (κ2) is 4.49.